The Labute approximate surface area is 205 Å². The first-order chi connectivity index (χ1) is 16.4. The molecule has 1 spiro atoms. The van der Waals surface area contributed by atoms with Crippen molar-refractivity contribution < 1.29 is 24.9 Å². The lowest BCUT2D eigenvalue weighted by atomic mass is 9.67. The highest BCUT2D eigenvalue weighted by atomic mass is 16.5. The monoisotopic (exact) mass is 474 g/mol. The van der Waals surface area contributed by atoms with Gasteiger partial charge in [0.05, 0.1) is 6.10 Å². The van der Waals surface area contributed by atoms with Crippen molar-refractivity contribution in [2.24, 2.45) is 11.3 Å². The van der Waals surface area contributed by atoms with E-state index < -0.39 is 6.10 Å². The summed E-state index contributed by atoms with van der Waals surface area (Å²) < 4.78 is 6.49. The molecular weight excluding hydrogens is 428 g/mol. The highest BCUT2D eigenvalue weighted by Gasteiger charge is 2.43. The molecule has 2 saturated carbocycles. The molecule has 0 aromatic heterocycles. The molecule has 34 heavy (non-hydrogen) atoms. The fourth-order valence-electron chi connectivity index (χ4n) is 6.13. The summed E-state index contributed by atoms with van der Waals surface area (Å²) >= 11 is 0. The molecule has 3 atom stereocenters. The maximum absolute atomic E-state index is 12.4. The summed E-state index contributed by atoms with van der Waals surface area (Å²) in [5.74, 6) is 1.14. The van der Waals surface area contributed by atoms with Crippen LogP contribution in [0.5, 0.6) is 11.5 Å². The van der Waals surface area contributed by atoms with Gasteiger partial charge in [0.25, 0.3) is 0 Å². The molecule has 2 aliphatic rings. The molecule has 5 nitrogen and oxygen atoms in total. The molecule has 0 radical (unpaired) electrons. The van der Waals surface area contributed by atoms with Crippen molar-refractivity contribution in [2.45, 2.75) is 122 Å². The van der Waals surface area contributed by atoms with Crippen molar-refractivity contribution in [3.05, 3.63) is 23.8 Å². The van der Waals surface area contributed by atoms with Crippen LogP contribution < -0.4 is 4.74 Å². The lowest BCUT2D eigenvalue weighted by molar-refractivity contribution is -0.121. The van der Waals surface area contributed by atoms with Gasteiger partial charge in [0.15, 0.2) is 11.5 Å². The quantitative estimate of drug-likeness (QED) is 0.283. The van der Waals surface area contributed by atoms with Crippen LogP contribution in [0.4, 0.5) is 0 Å². The maximum atomic E-state index is 12.4. The first-order valence-corrected chi connectivity index (χ1v) is 13.7. The third kappa shape index (κ3) is 7.98. The number of phenols is 1. The van der Waals surface area contributed by atoms with Gasteiger partial charge in [-0.25, -0.2) is 0 Å². The summed E-state index contributed by atoms with van der Waals surface area (Å²) in [6, 6.07) is 5.42. The molecular formula is C29H46O5. The van der Waals surface area contributed by atoms with E-state index in [1.54, 1.807) is 6.07 Å². The molecule has 0 aliphatic heterocycles. The number of hydrogen-bond donors (Lipinski definition) is 3. The van der Waals surface area contributed by atoms with E-state index in [2.05, 4.69) is 6.92 Å². The standard InChI is InChI=1S/C29H46O5/c1-2-3-4-9-24(31)20-25(32)12-10-22-11-13-26(33)27(19-22)34-28-21-29(15-5-6-16-29)17-14-23(28)8-7-18-30/h11,13,19,23-24,28,30-31,33H,2-10,12,14-18,20-21H2,1H3/t23-,24-,28-/m1/s1. The fraction of sp³-hybridized carbons (Fsp3) is 0.759. The van der Waals surface area contributed by atoms with Gasteiger partial charge in [-0.15, -0.1) is 0 Å². The Morgan fingerprint density at radius 3 is 2.71 bits per heavy atom. The van der Waals surface area contributed by atoms with E-state index in [9.17, 15) is 20.1 Å². The third-order valence-corrected chi connectivity index (χ3v) is 8.20. The van der Waals surface area contributed by atoms with Crippen LogP contribution in [0.3, 0.4) is 0 Å². The van der Waals surface area contributed by atoms with Gasteiger partial charge in [-0.05, 0) is 86.8 Å². The number of benzene rings is 1. The maximum Gasteiger partial charge on any atom is 0.161 e. The van der Waals surface area contributed by atoms with E-state index in [4.69, 9.17) is 4.74 Å². The SMILES string of the molecule is CCCCC[C@@H](O)CC(=O)CCc1ccc(O)c(O[C@@H]2CC3(CCCC3)CC[C@H]2CCCO)c1. The van der Waals surface area contributed by atoms with Crippen LogP contribution in [0.2, 0.25) is 0 Å². The number of phenolic OH excluding ortho intramolecular Hbond substituents is 1. The zero-order valence-corrected chi connectivity index (χ0v) is 21.1. The van der Waals surface area contributed by atoms with Gasteiger partial charge in [0.2, 0.25) is 0 Å². The van der Waals surface area contributed by atoms with Crippen LogP contribution in [0.15, 0.2) is 18.2 Å². The van der Waals surface area contributed by atoms with Crippen molar-refractivity contribution in [1.82, 2.24) is 0 Å². The molecule has 1 aromatic carbocycles. The lowest BCUT2D eigenvalue weighted by Gasteiger charge is -2.43. The van der Waals surface area contributed by atoms with Crippen LogP contribution in [0.1, 0.15) is 109 Å². The summed E-state index contributed by atoms with van der Waals surface area (Å²) in [5.41, 5.74) is 1.36. The number of unbranched alkanes of at least 4 members (excludes halogenated alkanes) is 2. The van der Waals surface area contributed by atoms with Crippen LogP contribution in [-0.4, -0.2) is 39.9 Å². The van der Waals surface area contributed by atoms with E-state index in [0.717, 1.165) is 50.5 Å². The molecule has 0 bridgehead atoms. The van der Waals surface area contributed by atoms with Crippen LogP contribution in [0.25, 0.3) is 0 Å². The Morgan fingerprint density at radius 1 is 1.18 bits per heavy atom. The largest absolute Gasteiger partial charge is 0.504 e. The second kappa shape index (κ2) is 13.5. The van der Waals surface area contributed by atoms with Gasteiger partial charge in [-0.2, -0.15) is 0 Å². The average Bonchev–Trinajstić information content (AvgIpc) is 3.27. The molecule has 192 valence electrons. The molecule has 0 unspecified atom stereocenters. The van der Waals surface area contributed by atoms with Crippen molar-refractivity contribution in [3.63, 3.8) is 0 Å². The predicted molar refractivity (Wildman–Crippen MR) is 135 cm³/mol. The number of aliphatic hydroxyl groups excluding tert-OH is 2. The first kappa shape index (κ1) is 27.0. The van der Waals surface area contributed by atoms with E-state index in [1.165, 1.54) is 32.1 Å². The minimum atomic E-state index is -0.539. The molecule has 0 heterocycles. The second-order valence-electron chi connectivity index (χ2n) is 10.9. The summed E-state index contributed by atoms with van der Waals surface area (Å²) in [5, 5.41) is 30.0. The van der Waals surface area contributed by atoms with Crippen molar-refractivity contribution >= 4 is 5.78 Å². The van der Waals surface area contributed by atoms with Crippen LogP contribution in [0, 0.1) is 11.3 Å². The van der Waals surface area contributed by atoms with Crippen molar-refractivity contribution in [3.8, 4) is 11.5 Å². The van der Waals surface area contributed by atoms with Crippen LogP contribution in [-0.2, 0) is 11.2 Å². The molecule has 0 amide bonds. The predicted octanol–water partition coefficient (Wildman–Crippen LogP) is 6.11. The number of rotatable bonds is 14. The van der Waals surface area contributed by atoms with Gasteiger partial charge in [-0.3, -0.25) is 4.79 Å². The number of Topliss-reactive ketones (excluding diaryl/α,β-unsaturated/α-hetero) is 1. The smallest absolute Gasteiger partial charge is 0.161 e. The lowest BCUT2D eigenvalue weighted by Crippen LogP contribution is -2.39. The van der Waals surface area contributed by atoms with E-state index in [1.807, 2.05) is 12.1 Å². The van der Waals surface area contributed by atoms with Gasteiger partial charge in [0, 0.05) is 19.4 Å². The zero-order chi connectivity index (χ0) is 24.4. The fourth-order valence-corrected chi connectivity index (χ4v) is 6.13. The van der Waals surface area contributed by atoms with Gasteiger partial charge in [0.1, 0.15) is 11.9 Å². The highest BCUT2D eigenvalue weighted by molar-refractivity contribution is 5.79. The molecule has 0 saturated heterocycles. The third-order valence-electron chi connectivity index (χ3n) is 8.20. The van der Waals surface area contributed by atoms with E-state index in [0.29, 0.717) is 36.3 Å². The minimum Gasteiger partial charge on any atom is -0.504 e. The van der Waals surface area contributed by atoms with Crippen molar-refractivity contribution in [2.75, 3.05) is 6.61 Å². The highest BCUT2D eigenvalue weighted by Crippen LogP contribution is 2.52. The zero-order valence-electron chi connectivity index (χ0n) is 21.1. The van der Waals surface area contributed by atoms with Gasteiger partial charge in [-0.1, -0.05) is 45.1 Å². The summed E-state index contributed by atoms with van der Waals surface area (Å²) in [7, 11) is 0. The normalized spacial score (nSPS) is 22.7. The second-order valence-corrected chi connectivity index (χ2v) is 10.9. The van der Waals surface area contributed by atoms with Crippen LogP contribution >= 0.6 is 0 Å². The molecule has 5 heteroatoms. The minimum absolute atomic E-state index is 0.0550. The van der Waals surface area contributed by atoms with Crippen molar-refractivity contribution in [1.29, 1.82) is 0 Å². The Hall–Kier alpha value is -1.59. The Morgan fingerprint density at radius 2 is 1.97 bits per heavy atom. The molecule has 2 aliphatic carbocycles. The number of aryl methyl sites for hydroxylation is 1. The van der Waals surface area contributed by atoms with Gasteiger partial charge >= 0.3 is 0 Å². The number of aromatic hydroxyl groups is 1. The molecule has 3 rings (SSSR count). The van der Waals surface area contributed by atoms with Gasteiger partial charge < -0.3 is 20.1 Å². The molecule has 3 N–H and O–H groups in total. The Balaban J connectivity index is 1.58. The first-order valence-electron chi connectivity index (χ1n) is 13.7. The number of carbonyl (C=O) groups is 1. The topological polar surface area (TPSA) is 87.0 Å². The Kier molecular flexibility index (Phi) is 10.7. The molecule has 2 fully saturated rings. The summed E-state index contributed by atoms with van der Waals surface area (Å²) in [4.78, 5) is 12.4. The summed E-state index contributed by atoms with van der Waals surface area (Å²) in [6.45, 7) is 2.33. The van der Waals surface area contributed by atoms with E-state index >= 15 is 0 Å². The Bertz CT molecular complexity index is 755. The number of carbonyl (C=O) groups excluding carboxylic acids is 1. The number of ketones is 1. The number of ether oxygens (including phenoxy) is 1. The number of hydrogen-bond acceptors (Lipinski definition) is 5. The van der Waals surface area contributed by atoms with E-state index in [-0.39, 0.29) is 30.7 Å². The molecule has 1 aromatic rings. The average molecular weight is 475 g/mol. The number of aliphatic hydroxyl groups is 2. The summed E-state index contributed by atoms with van der Waals surface area (Å²) in [6.07, 6.45) is 14.9.